The van der Waals surface area contributed by atoms with Gasteiger partial charge in [-0.3, -0.25) is 0 Å². The minimum Gasteiger partial charge on any atom is -0.507 e. The first kappa shape index (κ1) is 29.4. The maximum Gasteiger partial charge on any atom is 0.124 e. The Bertz CT molecular complexity index is 2600. The van der Waals surface area contributed by atoms with Crippen LogP contribution < -0.4 is 0 Å². The number of hydrogen-bond donors (Lipinski definition) is 4. The standard InChI is InChI=1S/C46H30O4/c47-39-21-15-29-5-1-3-7-35(29)43(39)45-37-19-13-31(25-33(37)17-23-41(45)49)27-9-11-28(12-10-27)32-14-20-38-34(26-32)18-24-42(50)46(38)44-36-8-4-2-6-30(36)16-22-40(44)48/h1-26,47-50H. The largest absolute Gasteiger partial charge is 0.507 e. The summed E-state index contributed by atoms with van der Waals surface area (Å²) in [6.45, 7) is 0. The minimum atomic E-state index is 0.118. The van der Waals surface area contributed by atoms with E-state index in [1.807, 2.05) is 84.9 Å². The van der Waals surface area contributed by atoms with E-state index in [1.54, 1.807) is 24.3 Å². The SMILES string of the molecule is Oc1ccc2ccccc2c1-c1c(O)ccc2cc(-c3ccc(-c4ccc5c(-c6c(O)ccc7ccccc67)c(O)ccc5c4)cc3)ccc12. The van der Waals surface area contributed by atoms with Crippen molar-refractivity contribution in [1.29, 1.82) is 0 Å². The van der Waals surface area contributed by atoms with Gasteiger partial charge in [0.1, 0.15) is 23.0 Å². The van der Waals surface area contributed by atoms with Gasteiger partial charge in [-0.2, -0.15) is 0 Å². The van der Waals surface area contributed by atoms with Gasteiger partial charge in [-0.25, -0.2) is 0 Å². The van der Waals surface area contributed by atoms with Crippen LogP contribution in [0.4, 0.5) is 0 Å². The van der Waals surface area contributed by atoms with Crippen LogP contribution in [-0.2, 0) is 0 Å². The molecule has 0 aliphatic heterocycles. The normalized spacial score (nSPS) is 11.5. The monoisotopic (exact) mass is 646 g/mol. The fraction of sp³-hybridized carbons (Fsp3) is 0. The molecular formula is C46H30O4. The van der Waals surface area contributed by atoms with E-state index >= 15 is 0 Å². The smallest absolute Gasteiger partial charge is 0.124 e. The van der Waals surface area contributed by atoms with Crippen molar-refractivity contribution in [2.24, 2.45) is 0 Å². The zero-order valence-electron chi connectivity index (χ0n) is 26.8. The van der Waals surface area contributed by atoms with E-state index in [4.69, 9.17) is 0 Å². The Morgan fingerprint density at radius 2 is 0.540 bits per heavy atom. The van der Waals surface area contributed by atoms with Gasteiger partial charge in [0.25, 0.3) is 0 Å². The molecule has 4 nitrogen and oxygen atoms in total. The molecule has 0 heterocycles. The number of phenols is 4. The highest BCUT2D eigenvalue weighted by atomic mass is 16.3. The van der Waals surface area contributed by atoms with E-state index < -0.39 is 0 Å². The van der Waals surface area contributed by atoms with Gasteiger partial charge in [-0.15, -0.1) is 0 Å². The number of benzene rings is 9. The molecule has 0 aromatic heterocycles. The van der Waals surface area contributed by atoms with Crippen molar-refractivity contribution in [3.05, 3.63) is 158 Å². The summed E-state index contributed by atoms with van der Waals surface area (Å²) in [5, 5.41) is 51.3. The molecule has 0 aliphatic rings. The first-order chi connectivity index (χ1) is 24.4. The Labute approximate surface area is 288 Å². The summed E-state index contributed by atoms with van der Waals surface area (Å²) < 4.78 is 0. The lowest BCUT2D eigenvalue weighted by molar-refractivity contribution is 0.470. The highest BCUT2D eigenvalue weighted by molar-refractivity contribution is 6.11. The molecule has 0 saturated carbocycles. The van der Waals surface area contributed by atoms with Crippen LogP contribution in [0.1, 0.15) is 0 Å². The molecule has 238 valence electrons. The zero-order valence-corrected chi connectivity index (χ0v) is 26.8. The van der Waals surface area contributed by atoms with Gasteiger partial charge in [-0.05, 0) is 102 Å². The highest BCUT2D eigenvalue weighted by Gasteiger charge is 2.19. The molecule has 0 fully saturated rings. The third-order valence-corrected chi connectivity index (χ3v) is 9.86. The lowest BCUT2D eigenvalue weighted by Gasteiger charge is -2.15. The Morgan fingerprint density at radius 1 is 0.240 bits per heavy atom. The molecule has 0 aliphatic carbocycles. The quantitative estimate of drug-likeness (QED) is 0.153. The molecule has 0 bridgehead atoms. The fourth-order valence-corrected chi connectivity index (χ4v) is 7.42. The first-order valence-corrected chi connectivity index (χ1v) is 16.5. The van der Waals surface area contributed by atoms with Crippen molar-refractivity contribution in [3.8, 4) is 67.5 Å². The van der Waals surface area contributed by atoms with Crippen LogP contribution in [0, 0.1) is 0 Å². The third-order valence-electron chi connectivity index (χ3n) is 9.86. The average molecular weight is 647 g/mol. The predicted octanol–water partition coefficient (Wildman–Crippen LogP) is 11.8. The molecule has 9 aromatic carbocycles. The van der Waals surface area contributed by atoms with E-state index in [2.05, 4.69) is 48.5 Å². The Hall–Kier alpha value is -6.78. The maximum atomic E-state index is 11.0. The Balaban J connectivity index is 1.08. The average Bonchev–Trinajstić information content (AvgIpc) is 3.15. The van der Waals surface area contributed by atoms with Crippen molar-refractivity contribution < 1.29 is 20.4 Å². The van der Waals surface area contributed by atoms with E-state index in [9.17, 15) is 20.4 Å². The molecule has 4 heteroatoms. The zero-order chi connectivity index (χ0) is 33.9. The molecule has 50 heavy (non-hydrogen) atoms. The summed E-state index contributed by atoms with van der Waals surface area (Å²) in [6.07, 6.45) is 0. The second kappa shape index (κ2) is 11.4. The number of hydrogen-bond acceptors (Lipinski definition) is 4. The number of phenolic OH excluding ortho intramolecular Hbond substituents is 4. The topological polar surface area (TPSA) is 80.9 Å². The summed E-state index contributed by atoms with van der Waals surface area (Å²) in [7, 11) is 0. The van der Waals surface area contributed by atoms with Gasteiger partial charge in [0.2, 0.25) is 0 Å². The van der Waals surface area contributed by atoms with E-state index in [0.717, 1.165) is 65.3 Å². The van der Waals surface area contributed by atoms with Crippen LogP contribution in [0.2, 0.25) is 0 Å². The van der Waals surface area contributed by atoms with Crippen LogP contribution in [0.3, 0.4) is 0 Å². The molecule has 4 N–H and O–H groups in total. The number of fused-ring (bicyclic) bond motifs is 4. The van der Waals surface area contributed by atoms with Crippen LogP contribution in [0.15, 0.2) is 158 Å². The van der Waals surface area contributed by atoms with Crippen molar-refractivity contribution in [2.45, 2.75) is 0 Å². The molecule has 0 unspecified atom stereocenters. The second-order valence-corrected chi connectivity index (χ2v) is 12.7. The number of aromatic hydroxyl groups is 4. The third kappa shape index (κ3) is 4.69. The van der Waals surface area contributed by atoms with Gasteiger partial charge < -0.3 is 20.4 Å². The van der Waals surface area contributed by atoms with Crippen LogP contribution in [0.25, 0.3) is 87.6 Å². The van der Waals surface area contributed by atoms with Crippen molar-refractivity contribution in [1.82, 2.24) is 0 Å². The second-order valence-electron chi connectivity index (χ2n) is 12.7. The summed E-state index contributed by atoms with van der Waals surface area (Å²) in [4.78, 5) is 0. The molecule has 0 amide bonds. The van der Waals surface area contributed by atoms with Crippen LogP contribution >= 0.6 is 0 Å². The fourth-order valence-electron chi connectivity index (χ4n) is 7.42. The van der Waals surface area contributed by atoms with E-state index in [-0.39, 0.29) is 23.0 Å². The van der Waals surface area contributed by atoms with Gasteiger partial charge >= 0.3 is 0 Å². The van der Waals surface area contributed by atoms with Crippen molar-refractivity contribution >= 4 is 43.1 Å². The summed E-state index contributed by atoms with van der Waals surface area (Å²) in [5.74, 6) is 0.486. The highest BCUT2D eigenvalue weighted by Crippen LogP contribution is 2.47. The Morgan fingerprint density at radius 3 is 0.920 bits per heavy atom. The minimum absolute atomic E-state index is 0.118. The molecule has 0 radical (unpaired) electrons. The number of rotatable bonds is 4. The Kier molecular flexibility index (Phi) is 6.71. The van der Waals surface area contributed by atoms with Crippen molar-refractivity contribution in [3.63, 3.8) is 0 Å². The molecule has 0 spiro atoms. The van der Waals surface area contributed by atoms with E-state index in [0.29, 0.717) is 22.3 Å². The van der Waals surface area contributed by atoms with Crippen LogP contribution in [0.5, 0.6) is 23.0 Å². The summed E-state index contributed by atoms with van der Waals surface area (Å²) >= 11 is 0. The summed E-state index contributed by atoms with van der Waals surface area (Å²) in [5.41, 5.74) is 6.65. The predicted molar refractivity (Wildman–Crippen MR) is 205 cm³/mol. The molecule has 9 rings (SSSR count). The molecule has 0 atom stereocenters. The first-order valence-electron chi connectivity index (χ1n) is 16.5. The molecule has 9 aromatic rings. The van der Waals surface area contributed by atoms with Gasteiger partial charge in [0.05, 0.1) is 0 Å². The molecular weight excluding hydrogens is 617 g/mol. The van der Waals surface area contributed by atoms with Crippen LogP contribution in [-0.4, -0.2) is 20.4 Å². The lowest BCUT2D eigenvalue weighted by Crippen LogP contribution is -1.88. The summed E-state index contributed by atoms with van der Waals surface area (Å²) in [6, 6.07) is 50.8. The van der Waals surface area contributed by atoms with Gasteiger partial charge in [-0.1, -0.05) is 121 Å². The van der Waals surface area contributed by atoms with E-state index in [1.165, 1.54) is 0 Å². The van der Waals surface area contributed by atoms with Crippen molar-refractivity contribution in [2.75, 3.05) is 0 Å². The lowest BCUT2D eigenvalue weighted by atomic mass is 9.90. The van der Waals surface area contributed by atoms with Gasteiger partial charge in [0.15, 0.2) is 0 Å². The molecule has 0 saturated heterocycles. The maximum absolute atomic E-state index is 11.0. The van der Waals surface area contributed by atoms with Gasteiger partial charge in [0, 0.05) is 22.3 Å².